The molecule has 0 heterocycles. The zero-order chi connectivity index (χ0) is 10.7. The van der Waals surface area contributed by atoms with E-state index in [1.807, 2.05) is 6.92 Å². The summed E-state index contributed by atoms with van der Waals surface area (Å²) >= 11 is 0. The maximum Gasteiger partial charge on any atom is 0.123 e. The van der Waals surface area contributed by atoms with Gasteiger partial charge in [0.2, 0.25) is 0 Å². The van der Waals surface area contributed by atoms with Crippen LogP contribution in [0.1, 0.15) is 31.1 Å². The molecule has 0 aliphatic carbocycles. The number of hydrogen-bond donors (Lipinski definition) is 2. The second-order valence-corrected chi connectivity index (χ2v) is 3.55. The second-order valence-electron chi connectivity index (χ2n) is 3.55. The van der Waals surface area contributed by atoms with Gasteiger partial charge in [-0.05, 0) is 36.6 Å². The average Bonchev–Trinajstić information content (AvgIpc) is 2.15. The third-order valence-corrected chi connectivity index (χ3v) is 2.23. The number of nitrogens with two attached hydrogens (primary N) is 1. The van der Waals surface area contributed by atoms with E-state index >= 15 is 0 Å². The number of rotatable bonds is 3. The van der Waals surface area contributed by atoms with E-state index in [1.165, 1.54) is 12.1 Å². The molecule has 0 aliphatic heterocycles. The van der Waals surface area contributed by atoms with Crippen LogP contribution in [-0.2, 0) is 6.42 Å². The second kappa shape index (κ2) is 4.53. The van der Waals surface area contributed by atoms with Gasteiger partial charge in [-0.1, -0.05) is 13.0 Å². The summed E-state index contributed by atoms with van der Waals surface area (Å²) in [5.41, 5.74) is 6.96. The third kappa shape index (κ3) is 2.53. The number of hydrogen-bond acceptors (Lipinski definition) is 2. The quantitative estimate of drug-likeness (QED) is 0.775. The van der Waals surface area contributed by atoms with Crippen molar-refractivity contribution in [3.63, 3.8) is 0 Å². The molecular formula is C11H16FNO. The largest absolute Gasteiger partial charge is 0.387 e. The Kier molecular flexibility index (Phi) is 3.61. The Balaban J connectivity index is 3.02. The highest BCUT2D eigenvalue weighted by Crippen LogP contribution is 2.19. The van der Waals surface area contributed by atoms with Crippen LogP contribution in [0.3, 0.4) is 0 Å². The first-order valence-electron chi connectivity index (χ1n) is 4.77. The van der Waals surface area contributed by atoms with Gasteiger partial charge in [0, 0.05) is 6.04 Å². The third-order valence-electron chi connectivity index (χ3n) is 2.23. The summed E-state index contributed by atoms with van der Waals surface area (Å²) in [7, 11) is 0. The van der Waals surface area contributed by atoms with Crippen molar-refractivity contribution in [1.82, 2.24) is 0 Å². The predicted molar refractivity (Wildman–Crippen MR) is 54.4 cm³/mol. The Morgan fingerprint density at radius 3 is 2.57 bits per heavy atom. The maximum absolute atomic E-state index is 13.1. The minimum atomic E-state index is -0.795. The molecule has 3 N–H and O–H groups in total. The topological polar surface area (TPSA) is 46.2 Å². The molecule has 2 atom stereocenters. The van der Waals surface area contributed by atoms with Crippen LogP contribution < -0.4 is 5.73 Å². The normalized spacial score (nSPS) is 15.2. The highest BCUT2D eigenvalue weighted by Gasteiger charge is 2.13. The van der Waals surface area contributed by atoms with Crippen molar-refractivity contribution in [2.75, 3.05) is 0 Å². The van der Waals surface area contributed by atoms with Gasteiger partial charge in [-0.15, -0.1) is 0 Å². The highest BCUT2D eigenvalue weighted by atomic mass is 19.1. The molecule has 3 heteroatoms. The fourth-order valence-electron chi connectivity index (χ4n) is 1.35. The molecule has 14 heavy (non-hydrogen) atoms. The number of aliphatic hydroxyl groups excluding tert-OH is 1. The summed E-state index contributed by atoms with van der Waals surface area (Å²) in [6, 6.07) is 4.20. The van der Waals surface area contributed by atoms with Crippen molar-refractivity contribution in [3.05, 3.63) is 35.1 Å². The number of aliphatic hydroxyl groups is 1. The number of benzene rings is 1. The maximum atomic E-state index is 13.1. The average molecular weight is 197 g/mol. The minimum Gasteiger partial charge on any atom is -0.387 e. The Bertz CT molecular complexity index is 312. The molecule has 0 aliphatic rings. The first kappa shape index (κ1) is 11.1. The molecule has 0 amide bonds. The van der Waals surface area contributed by atoms with Crippen molar-refractivity contribution < 1.29 is 9.50 Å². The number of aryl methyl sites for hydroxylation is 1. The van der Waals surface area contributed by atoms with Crippen molar-refractivity contribution in [2.24, 2.45) is 5.73 Å². The van der Waals surface area contributed by atoms with Gasteiger partial charge in [-0.25, -0.2) is 4.39 Å². The van der Waals surface area contributed by atoms with Crippen LogP contribution >= 0.6 is 0 Å². The first-order chi connectivity index (χ1) is 6.54. The van der Waals surface area contributed by atoms with Crippen LogP contribution in [0.5, 0.6) is 0 Å². The van der Waals surface area contributed by atoms with Crippen molar-refractivity contribution in [1.29, 1.82) is 0 Å². The van der Waals surface area contributed by atoms with Crippen molar-refractivity contribution >= 4 is 0 Å². The summed E-state index contributed by atoms with van der Waals surface area (Å²) in [5, 5.41) is 9.65. The van der Waals surface area contributed by atoms with Gasteiger partial charge in [-0.3, -0.25) is 0 Å². The Labute approximate surface area is 83.6 Å². The van der Waals surface area contributed by atoms with Gasteiger partial charge in [-0.2, -0.15) is 0 Å². The molecule has 0 saturated carbocycles. The molecule has 2 nitrogen and oxygen atoms in total. The van der Waals surface area contributed by atoms with E-state index in [4.69, 9.17) is 5.73 Å². The van der Waals surface area contributed by atoms with Crippen LogP contribution in [-0.4, -0.2) is 11.1 Å². The van der Waals surface area contributed by atoms with Gasteiger partial charge in [0.1, 0.15) is 5.82 Å². The van der Waals surface area contributed by atoms with E-state index in [9.17, 15) is 9.50 Å². The molecule has 0 aromatic heterocycles. The standard InChI is InChI=1S/C11H16FNO/c1-3-8-4-9(6-10(12)5-8)11(14)7(2)13/h4-7,11,14H,3,13H2,1-2H3. The van der Waals surface area contributed by atoms with Crippen LogP contribution in [0, 0.1) is 5.82 Å². The fraction of sp³-hybridized carbons (Fsp3) is 0.455. The molecule has 0 radical (unpaired) electrons. The molecule has 0 spiro atoms. The summed E-state index contributed by atoms with van der Waals surface area (Å²) in [6.45, 7) is 3.64. The Hall–Kier alpha value is -0.930. The van der Waals surface area contributed by atoms with Gasteiger partial charge >= 0.3 is 0 Å². The van der Waals surface area contributed by atoms with E-state index in [-0.39, 0.29) is 11.9 Å². The first-order valence-corrected chi connectivity index (χ1v) is 4.77. The monoisotopic (exact) mass is 197 g/mol. The molecule has 78 valence electrons. The van der Waals surface area contributed by atoms with E-state index in [0.29, 0.717) is 5.56 Å². The molecule has 1 aromatic carbocycles. The Morgan fingerprint density at radius 1 is 1.43 bits per heavy atom. The summed E-state index contributed by atoms with van der Waals surface area (Å²) in [4.78, 5) is 0. The Morgan fingerprint density at radius 2 is 2.07 bits per heavy atom. The van der Waals surface area contributed by atoms with Crippen molar-refractivity contribution in [2.45, 2.75) is 32.4 Å². The molecular weight excluding hydrogens is 181 g/mol. The zero-order valence-corrected chi connectivity index (χ0v) is 8.50. The molecule has 1 rings (SSSR count). The lowest BCUT2D eigenvalue weighted by Gasteiger charge is -2.15. The lowest BCUT2D eigenvalue weighted by molar-refractivity contribution is 0.153. The molecule has 0 saturated heterocycles. The lowest BCUT2D eigenvalue weighted by Crippen LogP contribution is -2.24. The summed E-state index contributed by atoms with van der Waals surface area (Å²) in [5.74, 6) is -0.320. The van der Waals surface area contributed by atoms with Gasteiger partial charge < -0.3 is 10.8 Å². The van der Waals surface area contributed by atoms with Crippen LogP contribution in [0.4, 0.5) is 4.39 Å². The van der Waals surface area contributed by atoms with E-state index in [2.05, 4.69) is 0 Å². The van der Waals surface area contributed by atoms with Gasteiger partial charge in [0.15, 0.2) is 0 Å². The van der Waals surface area contributed by atoms with Crippen LogP contribution in [0.15, 0.2) is 18.2 Å². The van der Waals surface area contributed by atoms with Gasteiger partial charge in [0.05, 0.1) is 6.10 Å². The predicted octanol–water partition coefficient (Wildman–Crippen LogP) is 1.77. The molecule has 0 fully saturated rings. The zero-order valence-electron chi connectivity index (χ0n) is 8.50. The van der Waals surface area contributed by atoms with Crippen molar-refractivity contribution in [3.8, 4) is 0 Å². The summed E-state index contributed by atoms with van der Waals surface area (Å²) < 4.78 is 13.1. The summed E-state index contributed by atoms with van der Waals surface area (Å²) in [6.07, 6.45) is -0.0489. The van der Waals surface area contributed by atoms with Gasteiger partial charge in [0.25, 0.3) is 0 Å². The van der Waals surface area contributed by atoms with Crippen LogP contribution in [0.25, 0.3) is 0 Å². The molecule has 0 bridgehead atoms. The smallest absolute Gasteiger partial charge is 0.123 e. The van der Waals surface area contributed by atoms with E-state index < -0.39 is 6.10 Å². The van der Waals surface area contributed by atoms with E-state index in [0.717, 1.165) is 12.0 Å². The van der Waals surface area contributed by atoms with E-state index in [1.54, 1.807) is 13.0 Å². The number of halogens is 1. The highest BCUT2D eigenvalue weighted by molar-refractivity contribution is 5.27. The van der Waals surface area contributed by atoms with Crippen LogP contribution in [0.2, 0.25) is 0 Å². The SMILES string of the molecule is CCc1cc(F)cc(C(O)C(C)N)c1. The fourth-order valence-corrected chi connectivity index (χ4v) is 1.35. The molecule has 2 unspecified atom stereocenters. The lowest BCUT2D eigenvalue weighted by atomic mass is 10.0. The minimum absolute atomic E-state index is 0.320. The molecule has 1 aromatic rings.